The monoisotopic (exact) mass is 750 g/mol. The van der Waals surface area contributed by atoms with Crippen LogP contribution in [0.1, 0.15) is 74.2 Å². The van der Waals surface area contributed by atoms with Crippen LogP contribution in [0.25, 0.3) is 44.4 Å². The molecule has 0 aliphatic rings. The summed E-state index contributed by atoms with van der Waals surface area (Å²) in [5, 5.41) is 7.44. The van der Waals surface area contributed by atoms with Gasteiger partial charge in [-0.1, -0.05) is 76.5 Å². The quantitative estimate of drug-likeness (QED) is 0.109. The van der Waals surface area contributed by atoms with Gasteiger partial charge in [0, 0.05) is 28.8 Å². The van der Waals surface area contributed by atoms with E-state index in [1.807, 2.05) is 12.3 Å². The third kappa shape index (κ3) is 6.55. The number of ether oxygens (including phenoxy) is 1. The average molecular weight is 751 g/mol. The number of rotatable bonds is 9. The molecular formula is C44H44N4OPd. The molecule has 4 aromatic carbocycles. The molecule has 0 fully saturated rings. The molecular weight excluding hydrogens is 707 g/mol. The SMILES string of the molecule is CCc1ccnc(-n2c3[c-]c(Oc4[c-]c(-n5nc(C)c(-c6c(C)cccc6C)c5CC(C)C)cc(C(C)C)c4)ccc3c3ccccc32)c1.[Pd+2]. The third-order valence-electron chi connectivity index (χ3n) is 9.46. The van der Waals surface area contributed by atoms with Crippen molar-refractivity contribution in [3.05, 3.63) is 131 Å². The maximum absolute atomic E-state index is 6.67. The van der Waals surface area contributed by atoms with Crippen LogP contribution in [0.2, 0.25) is 0 Å². The summed E-state index contributed by atoms with van der Waals surface area (Å²) in [5.74, 6) is 2.87. The zero-order valence-corrected chi connectivity index (χ0v) is 31.7. The maximum Gasteiger partial charge on any atom is 2.00 e. The molecule has 0 atom stereocenters. The predicted molar refractivity (Wildman–Crippen MR) is 202 cm³/mol. The largest absolute Gasteiger partial charge is 2.00 e. The van der Waals surface area contributed by atoms with Crippen LogP contribution in [0.4, 0.5) is 0 Å². The fraction of sp³-hybridized carbons (Fsp3) is 0.273. The number of nitrogens with zero attached hydrogens (tertiary/aromatic N) is 4. The topological polar surface area (TPSA) is 44.9 Å². The molecule has 0 aliphatic carbocycles. The molecule has 0 saturated heterocycles. The minimum absolute atomic E-state index is 0. The first-order valence-corrected chi connectivity index (χ1v) is 17.4. The molecule has 3 aromatic heterocycles. The van der Waals surface area contributed by atoms with Crippen molar-refractivity contribution in [2.45, 2.75) is 74.1 Å². The number of para-hydroxylation sites is 1. The first kappa shape index (κ1) is 35.3. The van der Waals surface area contributed by atoms with E-state index in [9.17, 15) is 0 Å². The van der Waals surface area contributed by atoms with Crippen LogP contribution >= 0.6 is 0 Å². The predicted octanol–water partition coefficient (Wildman–Crippen LogP) is 11.2. The number of aryl methyl sites for hydroxylation is 4. The summed E-state index contributed by atoms with van der Waals surface area (Å²) in [6.45, 7) is 17.6. The summed E-state index contributed by atoms with van der Waals surface area (Å²) in [5.41, 5.74) is 12.5. The van der Waals surface area contributed by atoms with Crippen LogP contribution in [0.15, 0.2) is 85.1 Å². The van der Waals surface area contributed by atoms with Gasteiger partial charge in [-0.3, -0.25) is 4.68 Å². The number of fused-ring (bicyclic) bond motifs is 3. The van der Waals surface area contributed by atoms with Gasteiger partial charge in [-0.05, 0) is 97.0 Å². The summed E-state index contributed by atoms with van der Waals surface area (Å²) >= 11 is 0. The average Bonchev–Trinajstić information content (AvgIpc) is 3.58. The summed E-state index contributed by atoms with van der Waals surface area (Å²) in [7, 11) is 0. The van der Waals surface area contributed by atoms with Gasteiger partial charge in [-0.25, -0.2) is 4.98 Å². The molecule has 0 bridgehead atoms. The van der Waals surface area contributed by atoms with Crippen molar-refractivity contribution < 1.29 is 25.2 Å². The van der Waals surface area contributed by atoms with E-state index in [0.29, 0.717) is 17.4 Å². The van der Waals surface area contributed by atoms with E-state index in [2.05, 4.69) is 150 Å². The van der Waals surface area contributed by atoms with Gasteiger partial charge in [0.25, 0.3) is 0 Å². The molecule has 3 heterocycles. The van der Waals surface area contributed by atoms with Crippen molar-refractivity contribution in [1.29, 1.82) is 0 Å². The Labute approximate surface area is 310 Å². The standard InChI is InChI=1S/C44H44N4O.Pd/c1-9-32-19-20-45-42(22-32)47-39-16-11-10-15-37(39)38-18-17-35(26-40(38)47)49-36-24-33(28(4)5)23-34(25-36)48-41(21-27(2)3)44(31(8)46-48)43-29(6)13-12-14-30(43)7;/h10-20,22-24,27-28H,9,21H2,1-8H3;/q-2;+2. The molecule has 0 spiro atoms. The van der Waals surface area contributed by atoms with Gasteiger partial charge in [-0.15, -0.1) is 41.3 Å². The molecule has 7 rings (SSSR count). The number of aromatic nitrogens is 4. The fourth-order valence-corrected chi connectivity index (χ4v) is 7.03. The molecule has 6 heteroatoms. The van der Waals surface area contributed by atoms with Gasteiger partial charge in [-0.2, -0.15) is 11.2 Å². The second-order valence-electron chi connectivity index (χ2n) is 13.9. The molecule has 0 amide bonds. The van der Waals surface area contributed by atoms with E-state index in [0.717, 1.165) is 57.4 Å². The van der Waals surface area contributed by atoms with Gasteiger partial charge < -0.3 is 9.30 Å². The first-order chi connectivity index (χ1) is 23.6. The Kier molecular flexibility index (Phi) is 10.2. The van der Waals surface area contributed by atoms with Crippen molar-refractivity contribution in [3.8, 4) is 34.1 Å². The zero-order valence-electron chi connectivity index (χ0n) is 30.2. The molecule has 0 unspecified atom stereocenters. The molecule has 0 radical (unpaired) electrons. The van der Waals surface area contributed by atoms with Crippen molar-refractivity contribution in [3.63, 3.8) is 0 Å². The van der Waals surface area contributed by atoms with E-state index in [4.69, 9.17) is 14.8 Å². The van der Waals surface area contributed by atoms with Crippen molar-refractivity contribution >= 4 is 21.8 Å². The van der Waals surface area contributed by atoms with Gasteiger partial charge in [0.05, 0.1) is 11.4 Å². The summed E-state index contributed by atoms with van der Waals surface area (Å²) in [6, 6.07) is 34.9. The van der Waals surface area contributed by atoms with Crippen LogP contribution in [0.3, 0.4) is 0 Å². The molecule has 7 aromatic rings. The number of hydrogen-bond donors (Lipinski definition) is 0. The van der Waals surface area contributed by atoms with Gasteiger partial charge in [0.2, 0.25) is 0 Å². The van der Waals surface area contributed by atoms with Crippen molar-refractivity contribution in [2.75, 3.05) is 0 Å². The normalized spacial score (nSPS) is 11.6. The number of benzene rings is 4. The van der Waals surface area contributed by atoms with Crippen LogP contribution in [-0.4, -0.2) is 19.3 Å². The Hall–Kier alpha value is -4.50. The Balaban J connectivity index is 0.00000432. The first-order valence-electron chi connectivity index (χ1n) is 17.4. The molecule has 0 saturated carbocycles. The summed E-state index contributed by atoms with van der Waals surface area (Å²) in [4.78, 5) is 4.78. The van der Waals surface area contributed by atoms with Gasteiger partial charge >= 0.3 is 20.4 Å². The van der Waals surface area contributed by atoms with Gasteiger partial charge in [0.15, 0.2) is 0 Å². The fourth-order valence-electron chi connectivity index (χ4n) is 7.03. The second kappa shape index (κ2) is 14.4. The number of hydrogen-bond acceptors (Lipinski definition) is 3. The zero-order chi connectivity index (χ0) is 34.4. The minimum Gasteiger partial charge on any atom is -0.509 e. The van der Waals surface area contributed by atoms with E-state index in [1.54, 1.807) is 0 Å². The molecule has 0 aliphatic heterocycles. The van der Waals surface area contributed by atoms with E-state index in [-0.39, 0.29) is 26.3 Å². The Morgan fingerprint density at radius 1 is 0.780 bits per heavy atom. The van der Waals surface area contributed by atoms with Crippen LogP contribution < -0.4 is 4.74 Å². The molecule has 0 N–H and O–H groups in total. The van der Waals surface area contributed by atoms with Crippen LogP contribution in [-0.2, 0) is 33.3 Å². The molecule has 256 valence electrons. The smallest absolute Gasteiger partial charge is 0.509 e. The van der Waals surface area contributed by atoms with E-state index >= 15 is 0 Å². The van der Waals surface area contributed by atoms with Crippen LogP contribution in [0.5, 0.6) is 11.5 Å². The molecule has 50 heavy (non-hydrogen) atoms. The second-order valence-corrected chi connectivity index (χ2v) is 13.9. The van der Waals surface area contributed by atoms with E-state index in [1.165, 1.54) is 33.5 Å². The van der Waals surface area contributed by atoms with Crippen molar-refractivity contribution in [1.82, 2.24) is 19.3 Å². The van der Waals surface area contributed by atoms with E-state index < -0.39 is 0 Å². The van der Waals surface area contributed by atoms with Gasteiger partial charge in [0.1, 0.15) is 5.82 Å². The Morgan fingerprint density at radius 2 is 1.54 bits per heavy atom. The van der Waals surface area contributed by atoms with Crippen LogP contribution in [0, 0.1) is 38.8 Å². The Morgan fingerprint density at radius 3 is 2.26 bits per heavy atom. The maximum atomic E-state index is 6.67. The summed E-state index contributed by atoms with van der Waals surface area (Å²) < 4.78 is 11.0. The summed E-state index contributed by atoms with van der Waals surface area (Å²) in [6.07, 6.45) is 3.72. The Bertz CT molecular complexity index is 2310. The third-order valence-corrected chi connectivity index (χ3v) is 9.46. The molecule has 5 nitrogen and oxygen atoms in total. The number of pyridine rings is 1. The van der Waals surface area contributed by atoms with Crippen molar-refractivity contribution in [2.24, 2.45) is 5.92 Å². The minimum atomic E-state index is 0.